The maximum atomic E-state index is 10.0. The van der Waals surface area contributed by atoms with Gasteiger partial charge in [-0.1, -0.05) is 60.7 Å². The van der Waals surface area contributed by atoms with E-state index in [1.165, 1.54) is 0 Å². The van der Waals surface area contributed by atoms with Crippen LogP contribution in [0, 0.1) is 22.7 Å². The molecule has 6 heteroatoms. The molecule has 0 atom stereocenters. The lowest BCUT2D eigenvalue weighted by molar-refractivity contribution is 0.415. The lowest BCUT2D eigenvalue weighted by Gasteiger charge is -2.13. The predicted molar refractivity (Wildman–Crippen MR) is 192 cm³/mol. The molecule has 0 spiro atoms. The smallest absolute Gasteiger partial charge is 0.138 e. The van der Waals surface area contributed by atoms with Crippen molar-refractivity contribution in [1.82, 2.24) is 9.13 Å². The van der Waals surface area contributed by atoms with Crippen molar-refractivity contribution in [3.8, 4) is 35.0 Å². The van der Waals surface area contributed by atoms with Crippen LogP contribution in [0.4, 0.5) is 0 Å². The molecule has 8 aromatic rings. The molecule has 0 saturated heterocycles. The number of allylic oxidation sites excluding steroid dienone is 1. The first-order chi connectivity index (χ1) is 23.6. The molecule has 0 aliphatic heterocycles. The van der Waals surface area contributed by atoms with Crippen molar-refractivity contribution in [3.05, 3.63) is 150 Å². The summed E-state index contributed by atoms with van der Waals surface area (Å²) in [6, 6.07) is 49.2. The van der Waals surface area contributed by atoms with E-state index in [9.17, 15) is 10.5 Å². The highest BCUT2D eigenvalue weighted by atomic mass is 16.5. The van der Waals surface area contributed by atoms with E-state index in [1.54, 1.807) is 14.2 Å². The summed E-state index contributed by atoms with van der Waals surface area (Å²) in [6.45, 7) is 0. The average molecular weight is 621 g/mol. The predicted octanol–water partition coefficient (Wildman–Crippen LogP) is 9.75. The number of nitriles is 2. The largest absolute Gasteiger partial charge is 0.497 e. The molecule has 0 bridgehead atoms. The first-order valence-corrected chi connectivity index (χ1v) is 15.5. The van der Waals surface area contributed by atoms with Crippen LogP contribution in [0.1, 0.15) is 11.1 Å². The Morgan fingerprint density at radius 1 is 0.479 bits per heavy atom. The van der Waals surface area contributed by atoms with Gasteiger partial charge in [-0.3, -0.25) is 0 Å². The topological polar surface area (TPSA) is 75.9 Å². The maximum absolute atomic E-state index is 10.0. The van der Waals surface area contributed by atoms with Gasteiger partial charge in [0, 0.05) is 38.5 Å². The van der Waals surface area contributed by atoms with Gasteiger partial charge >= 0.3 is 0 Å². The molecule has 0 radical (unpaired) electrons. The first-order valence-electron chi connectivity index (χ1n) is 15.5. The summed E-state index contributed by atoms with van der Waals surface area (Å²) in [5.41, 5.74) is 8.47. The Bertz CT molecular complexity index is 2460. The molecule has 2 heterocycles. The molecule has 2 aromatic heterocycles. The van der Waals surface area contributed by atoms with Crippen LogP contribution in [0.15, 0.2) is 139 Å². The summed E-state index contributed by atoms with van der Waals surface area (Å²) in [4.78, 5) is 0. The number of hydrogen-bond acceptors (Lipinski definition) is 4. The zero-order chi connectivity index (χ0) is 32.8. The van der Waals surface area contributed by atoms with Crippen LogP contribution in [0.25, 0.3) is 60.6 Å². The summed E-state index contributed by atoms with van der Waals surface area (Å²) < 4.78 is 15.5. The van der Waals surface area contributed by atoms with Gasteiger partial charge in [0.05, 0.1) is 36.3 Å². The lowest BCUT2D eigenvalue weighted by atomic mass is 9.93. The molecule has 0 aliphatic carbocycles. The average Bonchev–Trinajstić information content (AvgIpc) is 3.66. The van der Waals surface area contributed by atoms with Crippen LogP contribution in [-0.2, 0) is 0 Å². The minimum absolute atomic E-state index is 0.0587. The number of hydrogen-bond donors (Lipinski definition) is 0. The van der Waals surface area contributed by atoms with E-state index in [1.807, 2.05) is 84.9 Å². The van der Waals surface area contributed by atoms with Gasteiger partial charge in [-0.2, -0.15) is 10.5 Å². The van der Waals surface area contributed by atoms with Gasteiger partial charge in [0.1, 0.15) is 29.2 Å². The second kappa shape index (κ2) is 11.6. The highest BCUT2D eigenvalue weighted by Gasteiger charge is 2.17. The lowest BCUT2D eigenvalue weighted by Crippen LogP contribution is -1.98. The van der Waals surface area contributed by atoms with Crippen LogP contribution in [0.3, 0.4) is 0 Å². The number of fused-ring (bicyclic) bond motifs is 6. The molecule has 0 saturated carbocycles. The van der Waals surface area contributed by atoms with E-state index >= 15 is 0 Å². The van der Waals surface area contributed by atoms with E-state index in [0.717, 1.165) is 77.6 Å². The fourth-order valence-corrected chi connectivity index (χ4v) is 6.86. The molecule has 0 aliphatic rings. The van der Waals surface area contributed by atoms with Gasteiger partial charge in [-0.15, -0.1) is 0 Å². The Labute approximate surface area is 277 Å². The minimum Gasteiger partial charge on any atom is -0.497 e. The summed E-state index contributed by atoms with van der Waals surface area (Å²) in [6.07, 6.45) is 0. The molecule has 6 aromatic carbocycles. The zero-order valence-corrected chi connectivity index (χ0v) is 26.3. The van der Waals surface area contributed by atoms with Crippen molar-refractivity contribution < 1.29 is 9.47 Å². The summed E-state index contributed by atoms with van der Waals surface area (Å²) >= 11 is 0. The number of aromatic nitrogens is 2. The second-order valence-corrected chi connectivity index (χ2v) is 11.5. The molecule has 0 N–H and O–H groups in total. The molecule has 6 nitrogen and oxygen atoms in total. The SMILES string of the molecule is COc1ccc2c(c1)c1ccccc1n2-c1ccc(C(=C(C#N)C#N)c2ccc(-n3c4ccccc4c4cc(OC)ccc43)cc2)cc1. The molecule has 0 unspecified atom stereocenters. The normalized spacial score (nSPS) is 11.1. The number of nitrogens with zero attached hydrogens (tertiary/aromatic N) is 4. The number of benzene rings is 6. The van der Waals surface area contributed by atoms with E-state index in [0.29, 0.717) is 5.57 Å². The summed E-state index contributed by atoms with van der Waals surface area (Å²) in [7, 11) is 3.35. The third kappa shape index (κ3) is 4.47. The van der Waals surface area contributed by atoms with Crippen molar-refractivity contribution in [2.75, 3.05) is 14.2 Å². The van der Waals surface area contributed by atoms with Crippen molar-refractivity contribution in [3.63, 3.8) is 0 Å². The number of methoxy groups -OCH3 is 2. The molecule has 48 heavy (non-hydrogen) atoms. The summed E-state index contributed by atoms with van der Waals surface area (Å²) in [5, 5.41) is 24.5. The Morgan fingerprint density at radius 3 is 1.27 bits per heavy atom. The van der Waals surface area contributed by atoms with Gasteiger partial charge in [0.2, 0.25) is 0 Å². The zero-order valence-electron chi connectivity index (χ0n) is 26.3. The Morgan fingerprint density at radius 2 is 0.875 bits per heavy atom. The van der Waals surface area contributed by atoms with E-state index in [-0.39, 0.29) is 5.57 Å². The van der Waals surface area contributed by atoms with Crippen LogP contribution in [0.5, 0.6) is 11.5 Å². The molecule has 8 rings (SSSR count). The quantitative estimate of drug-likeness (QED) is 0.173. The van der Waals surface area contributed by atoms with Gasteiger partial charge in [0.15, 0.2) is 0 Å². The maximum Gasteiger partial charge on any atom is 0.138 e. The second-order valence-electron chi connectivity index (χ2n) is 11.5. The number of rotatable bonds is 6. The van der Waals surface area contributed by atoms with E-state index in [4.69, 9.17) is 9.47 Å². The molecule has 228 valence electrons. The van der Waals surface area contributed by atoms with Gasteiger partial charge in [0.25, 0.3) is 0 Å². The number of ether oxygens (including phenoxy) is 2. The molecule has 0 amide bonds. The Hall–Kier alpha value is -6.76. The molecule has 0 fully saturated rings. The van der Waals surface area contributed by atoms with Crippen LogP contribution in [0.2, 0.25) is 0 Å². The first kappa shape index (κ1) is 28.7. The fraction of sp³-hybridized carbons (Fsp3) is 0.0476. The fourth-order valence-electron chi connectivity index (χ4n) is 6.86. The monoisotopic (exact) mass is 620 g/mol. The minimum atomic E-state index is 0.0587. The third-order valence-electron chi connectivity index (χ3n) is 9.06. The highest BCUT2D eigenvalue weighted by molar-refractivity contribution is 6.10. The highest BCUT2D eigenvalue weighted by Crippen LogP contribution is 2.37. The van der Waals surface area contributed by atoms with Gasteiger partial charge < -0.3 is 18.6 Å². The van der Waals surface area contributed by atoms with Crippen molar-refractivity contribution >= 4 is 49.2 Å². The number of para-hydroxylation sites is 2. The Balaban J connectivity index is 1.22. The van der Waals surface area contributed by atoms with E-state index in [2.05, 4.69) is 69.8 Å². The Kier molecular flexibility index (Phi) is 6.91. The van der Waals surface area contributed by atoms with Crippen molar-refractivity contribution in [2.45, 2.75) is 0 Å². The van der Waals surface area contributed by atoms with Crippen molar-refractivity contribution in [2.24, 2.45) is 0 Å². The standard InChI is InChI=1S/C42H28N4O2/c1-47-32-19-21-40-36(23-32)34-7-3-5-9-38(34)45(40)30-15-11-27(12-16-30)42(29(25-43)26-44)28-13-17-31(18-14-28)46-39-10-6-4-8-35(39)37-24-33(48-2)20-22-41(37)46/h3-24H,1-2H3. The van der Waals surface area contributed by atoms with Gasteiger partial charge in [-0.25, -0.2) is 0 Å². The van der Waals surface area contributed by atoms with Gasteiger partial charge in [-0.05, 0) is 83.9 Å². The third-order valence-corrected chi connectivity index (χ3v) is 9.06. The van der Waals surface area contributed by atoms with Crippen LogP contribution in [-0.4, -0.2) is 23.4 Å². The van der Waals surface area contributed by atoms with Crippen LogP contribution < -0.4 is 9.47 Å². The van der Waals surface area contributed by atoms with E-state index < -0.39 is 0 Å². The molecular formula is C42H28N4O2. The summed E-state index contributed by atoms with van der Waals surface area (Å²) in [5.74, 6) is 1.61. The van der Waals surface area contributed by atoms with Crippen molar-refractivity contribution in [1.29, 1.82) is 10.5 Å². The molecular weight excluding hydrogens is 592 g/mol. The van der Waals surface area contributed by atoms with Crippen LogP contribution >= 0.6 is 0 Å².